The van der Waals surface area contributed by atoms with E-state index in [0.717, 1.165) is 24.9 Å². The van der Waals surface area contributed by atoms with E-state index in [-0.39, 0.29) is 24.2 Å². The number of rotatable bonds is 5. The lowest BCUT2D eigenvalue weighted by Gasteiger charge is -2.49. The van der Waals surface area contributed by atoms with Gasteiger partial charge in [0.05, 0.1) is 18.3 Å². The molecule has 9 heteroatoms. The maximum atomic E-state index is 14.8. The summed E-state index contributed by atoms with van der Waals surface area (Å²) < 4.78 is 14.8. The number of para-hydroxylation sites is 1. The van der Waals surface area contributed by atoms with E-state index in [4.69, 9.17) is 0 Å². The van der Waals surface area contributed by atoms with Crippen LogP contribution < -0.4 is 15.5 Å². The fourth-order valence-electron chi connectivity index (χ4n) is 4.88. The second-order valence-electron chi connectivity index (χ2n) is 8.22. The summed E-state index contributed by atoms with van der Waals surface area (Å²) >= 11 is 0. The van der Waals surface area contributed by atoms with Gasteiger partial charge in [-0.25, -0.2) is 19.3 Å². The number of hydrogen-bond acceptors (Lipinski definition) is 6. The van der Waals surface area contributed by atoms with Crippen LogP contribution in [0.5, 0.6) is 0 Å². The Balaban J connectivity index is 1.52. The Morgan fingerprint density at radius 2 is 2.06 bits per heavy atom. The standard InChI is InChI=1S/C22H26FN7O/c1-2-15(28-20-18-19(25-11-24-18)26-12-27-20)21-29-16-10-6-9-14(23)17(16)22(31)30(21)13-7-4-3-5-8-13/h3-5,7-8,11-12,14-17,21,29H,2,6,9-10H2,1H3,(H2,24,25,26,27,28)/t14?,15-,16?,17?,21?/m0/s1. The van der Waals surface area contributed by atoms with Gasteiger partial charge in [0, 0.05) is 11.7 Å². The van der Waals surface area contributed by atoms with Crippen LogP contribution in [0.1, 0.15) is 32.6 Å². The summed E-state index contributed by atoms with van der Waals surface area (Å²) in [5, 5.41) is 7.09. The molecule has 8 nitrogen and oxygen atoms in total. The van der Waals surface area contributed by atoms with Crippen molar-refractivity contribution in [3.8, 4) is 0 Å². The van der Waals surface area contributed by atoms with Gasteiger partial charge >= 0.3 is 0 Å². The smallest absolute Gasteiger partial charge is 0.236 e. The summed E-state index contributed by atoms with van der Waals surface area (Å²) in [6.45, 7) is 2.06. The molecule has 0 radical (unpaired) electrons. The first-order valence-electron chi connectivity index (χ1n) is 10.9. The molecule has 1 aliphatic heterocycles. The molecule has 2 fully saturated rings. The van der Waals surface area contributed by atoms with Crippen molar-refractivity contribution < 1.29 is 9.18 Å². The summed E-state index contributed by atoms with van der Waals surface area (Å²) in [5.41, 5.74) is 2.05. The normalized spacial score (nSPS) is 27.2. The van der Waals surface area contributed by atoms with Gasteiger partial charge < -0.3 is 10.3 Å². The van der Waals surface area contributed by atoms with E-state index in [2.05, 4.69) is 37.5 Å². The summed E-state index contributed by atoms with van der Waals surface area (Å²) in [6.07, 6.45) is 4.33. The van der Waals surface area contributed by atoms with Crippen molar-refractivity contribution in [1.29, 1.82) is 0 Å². The predicted octanol–water partition coefficient (Wildman–Crippen LogP) is 3.01. The fourth-order valence-corrected chi connectivity index (χ4v) is 4.88. The maximum Gasteiger partial charge on any atom is 0.236 e. The van der Waals surface area contributed by atoms with Gasteiger partial charge in [-0.2, -0.15) is 0 Å². The van der Waals surface area contributed by atoms with Crippen LogP contribution in [0.2, 0.25) is 0 Å². The molecule has 3 aromatic rings. The number of carbonyl (C=O) groups excluding carboxylic acids is 1. The minimum atomic E-state index is -1.12. The third-order valence-corrected chi connectivity index (χ3v) is 6.40. The number of amides is 1. The van der Waals surface area contributed by atoms with Crippen LogP contribution in [0.4, 0.5) is 15.9 Å². The number of fused-ring (bicyclic) bond motifs is 2. The van der Waals surface area contributed by atoms with Crippen molar-refractivity contribution in [2.75, 3.05) is 10.2 Å². The molecule has 3 N–H and O–H groups in total. The Labute approximate surface area is 179 Å². The molecule has 5 atom stereocenters. The molecule has 31 heavy (non-hydrogen) atoms. The zero-order chi connectivity index (χ0) is 21.4. The van der Waals surface area contributed by atoms with E-state index in [1.54, 1.807) is 11.2 Å². The number of benzene rings is 1. The lowest BCUT2D eigenvalue weighted by molar-refractivity contribution is -0.130. The molecule has 2 aliphatic rings. The molecule has 1 saturated carbocycles. The Bertz CT molecular complexity index is 1060. The zero-order valence-electron chi connectivity index (χ0n) is 17.3. The number of aromatic amines is 1. The quantitative estimate of drug-likeness (QED) is 0.584. The number of carbonyl (C=O) groups is 1. The molecule has 0 bridgehead atoms. The monoisotopic (exact) mass is 423 g/mol. The van der Waals surface area contributed by atoms with Crippen LogP contribution in [-0.2, 0) is 4.79 Å². The lowest BCUT2D eigenvalue weighted by Crippen LogP contribution is -2.70. The van der Waals surface area contributed by atoms with Crippen molar-refractivity contribution in [3.05, 3.63) is 43.0 Å². The molecule has 3 heterocycles. The van der Waals surface area contributed by atoms with Crippen LogP contribution in [0, 0.1) is 5.92 Å². The molecule has 4 unspecified atom stereocenters. The third kappa shape index (κ3) is 3.52. The van der Waals surface area contributed by atoms with Gasteiger partial charge in [0.15, 0.2) is 11.5 Å². The Morgan fingerprint density at radius 3 is 2.87 bits per heavy atom. The minimum absolute atomic E-state index is 0.151. The molecule has 1 aromatic carbocycles. The third-order valence-electron chi connectivity index (χ3n) is 6.40. The highest BCUT2D eigenvalue weighted by Crippen LogP contribution is 2.36. The van der Waals surface area contributed by atoms with Gasteiger partial charge in [-0.1, -0.05) is 25.1 Å². The second kappa shape index (κ2) is 8.22. The minimum Gasteiger partial charge on any atom is -0.362 e. The topological polar surface area (TPSA) is 98.8 Å². The van der Waals surface area contributed by atoms with Crippen molar-refractivity contribution in [2.45, 2.75) is 57.0 Å². The van der Waals surface area contributed by atoms with E-state index >= 15 is 0 Å². The van der Waals surface area contributed by atoms with Crippen molar-refractivity contribution in [1.82, 2.24) is 25.3 Å². The molecule has 0 spiro atoms. The van der Waals surface area contributed by atoms with Gasteiger partial charge in [-0.15, -0.1) is 0 Å². The van der Waals surface area contributed by atoms with E-state index < -0.39 is 12.1 Å². The van der Waals surface area contributed by atoms with Gasteiger partial charge in [0.25, 0.3) is 0 Å². The largest absolute Gasteiger partial charge is 0.362 e. The van der Waals surface area contributed by atoms with Gasteiger partial charge in [0.2, 0.25) is 5.91 Å². The average Bonchev–Trinajstić information content (AvgIpc) is 3.27. The summed E-state index contributed by atoms with van der Waals surface area (Å²) in [4.78, 5) is 31.2. The second-order valence-corrected chi connectivity index (χ2v) is 8.22. The highest BCUT2D eigenvalue weighted by Gasteiger charge is 2.49. The Kier molecular flexibility index (Phi) is 5.27. The summed E-state index contributed by atoms with van der Waals surface area (Å²) in [7, 11) is 0. The molecule has 1 saturated heterocycles. The van der Waals surface area contributed by atoms with Gasteiger partial charge in [-0.05, 0) is 37.8 Å². The zero-order valence-corrected chi connectivity index (χ0v) is 17.3. The Hall–Kier alpha value is -3.07. The number of halogens is 1. The highest BCUT2D eigenvalue weighted by atomic mass is 19.1. The molecular formula is C22H26FN7O. The van der Waals surface area contributed by atoms with E-state index in [9.17, 15) is 9.18 Å². The van der Waals surface area contributed by atoms with Crippen molar-refractivity contribution in [3.63, 3.8) is 0 Å². The Morgan fingerprint density at radius 1 is 1.23 bits per heavy atom. The van der Waals surface area contributed by atoms with Crippen LogP contribution in [-0.4, -0.2) is 50.3 Å². The van der Waals surface area contributed by atoms with Crippen molar-refractivity contribution in [2.24, 2.45) is 5.92 Å². The number of nitrogens with zero attached hydrogens (tertiary/aromatic N) is 4. The summed E-state index contributed by atoms with van der Waals surface area (Å²) in [6, 6.07) is 9.16. The molecular weight excluding hydrogens is 397 g/mol. The number of anilines is 2. The summed E-state index contributed by atoms with van der Waals surface area (Å²) in [5.74, 6) is -0.173. The number of alkyl halides is 1. The van der Waals surface area contributed by atoms with E-state index in [1.165, 1.54) is 6.33 Å². The molecule has 5 rings (SSSR count). The van der Waals surface area contributed by atoms with Crippen LogP contribution in [0.15, 0.2) is 43.0 Å². The first-order chi connectivity index (χ1) is 15.2. The molecule has 1 amide bonds. The van der Waals surface area contributed by atoms with E-state index in [1.807, 2.05) is 30.3 Å². The number of aromatic nitrogens is 4. The number of nitrogens with one attached hydrogen (secondary N) is 3. The van der Waals surface area contributed by atoms with Crippen molar-refractivity contribution >= 4 is 28.6 Å². The van der Waals surface area contributed by atoms with E-state index in [0.29, 0.717) is 23.4 Å². The van der Waals surface area contributed by atoms with Crippen LogP contribution in [0.3, 0.4) is 0 Å². The fraction of sp³-hybridized carbons (Fsp3) is 0.455. The van der Waals surface area contributed by atoms with Crippen LogP contribution >= 0.6 is 0 Å². The highest BCUT2D eigenvalue weighted by molar-refractivity contribution is 5.97. The number of H-pyrrole nitrogens is 1. The molecule has 1 aliphatic carbocycles. The first kappa shape index (κ1) is 19.9. The molecule has 2 aromatic heterocycles. The number of imidazole rings is 1. The SMILES string of the molecule is CC[C@H](Nc1ncnc2nc[nH]c12)C1NC2CCCC(F)C2C(=O)N1c1ccccc1. The lowest BCUT2D eigenvalue weighted by atomic mass is 9.79. The van der Waals surface area contributed by atoms with Gasteiger partial charge in [0.1, 0.15) is 24.2 Å². The van der Waals surface area contributed by atoms with Crippen LogP contribution in [0.25, 0.3) is 11.2 Å². The molecule has 162 valence electrons. The first-order valence-corrected chi connectivity index (χ1v) is 10.9. The van der Waals surface area contributed by atoms with Gasteiger partial charge in [-0.3, -0.25) is 15.0 Å². The average molecular weight is 423 g/mol. The predicted molar refractivity (Wildman–Crippen MR) is 116 cm³/mol. The maximum absolute atomic E-state index is 14.8. The number of hydrogen-bond donors (Lipinski definition) is 3.